The van der Waals surface area contributed by atoms with Crippen LogP contribution in [0.2, 0.25) is 0 Å². The summed E-state index contributed by atoms with van der Waals surface area (Å²) < 4.78 is 6.81. The normalized spacial score (nSPS) is 10.9. The summed E-state index contributed by atoms with van der Waals surface area (Å²) in [5, 5.41) is 5.19. The molecule has 0 spiro atoms. The molecule has 2 aromatic carbocycles. The molecule has 2 aromatic heterocycles. The summed E-state index contributed by atoms with van der Waals surface area (Å²) in [5.41, 5.74) is 9.97. The van der Waals surface area contributed by atoms with Crippen LogP contribution in [-0.2, 0) is 9.53 Å². The molecule has 0 aliphatic heterocycles. The van der Waals surface area contributed by atoms with E-state index in [1.54, 1.807) is 10.7 Å². The molecule has 30 heavy (non-hydrogen) atoms. The number of aryl methyl sites for hydroxylation is 2. The monoisotopic (exact) mass is 400 g/mol. The zero-order valence-electron chi connectivity index (χ0n) is 16.6. The molecule has 4 rings (SSSR count). The van der Waals surface area contributed by atoms with Crippen LogP contribution in [0, 0.1) is 13.8 Å². The van der Waals surface area contributed by atoms with Crippen molar-refractivity contribution in [3.8, 4) is 16.9 Å². The molecular weight excluding hydrogens is 380 g/mol. The number of ether oxygens (including phenoxy) is 1. The van der Waals surface area contributed by atoms with E-state index in [1.807, 2.05) is 68.4 Å². The van der Waals surface area contributed by atoms with Crippen molar-refractivity contribution in [1.29, 1.82) is 0 Å². The van der Waals surface area contributed by atoms with E-state index < -0.39 is 18.5 Å². The molecule has 2 heterocycles. The van der Waals surface area contributed by atoms with Gasteiger partial charge in [0.15, 0.2) is 12.3 Å². The van der Waals surface area contributed by atoms with Crippen molar-refractivity contribution < 1.29 is 14.3 Å². The third-order valence-electron chi connectivity index (χ3n) is 4.73. The van der Waals surface area contributed by atoms with E-state index in [1.165, 1.54) is 0 Å². The van der Waals surface area contributed by atoms with Crippen LogP contribution in [-0.4, -0.2) is 33.2 Å². The SMILES string of the molecule is Cc1ccc(-n2nc(C)c3c(C(=O)OCC(N)=O)cc(-c4ccccc4)nc32)cc1. The largest absolute Gasteiger partial charge is 0.452 e. The Morgan fingerprint density at radius 3 is 2.40 bits per heavy atom. The Bertz CT molecular complexity index is 1250. The van der Waals surface area contributed by atoms with Crippen molar-refractivity contribution in [3.05, 3.63) is 77.5 Å². The van der Waals surface area contributed by atoms with Gasteiger partial charge in [0.25, 0.3) is 5.91 Å². The molecule has 4 aromatic rings. The lowest BCUT2D eigenvalue weighted by Gasteiger charge is -2.09. The number of nitrogens with zero attached hydrogens (tertiary/aromatic N) is 3. The highest BCUT2D eigenvalue weighted by molar-refractivity contribution is 6.05. The molecule has 7 nitrogen and oxygen atoms in total. The summed E-state index contributed by atoms with van der Waals surface area (Å²) in [4.78, 5) is 28.7. The minimum absolute atomic E-state index is 0.288. The first-order valence-corrected chi connectivity index (χ1v) is 9.42. The maximum Gasteiger partial charge on any atom is 0.339 e. The lowest BCUT2D eigenvalue weighted by atomic mass is 10.1. The predicted molar refractivity (Wildman–Crippen MR) is 113 cm³/mol. The zero-order valence-corrected chi connectivity index (χ0v) is 16.6. The van der Waals surface area contributed by atoms with Crippen LogP contribution in [0.1, 0.15) is 21.6 Å². The van der Waals surface area contributed by atoms with Crippen molar-refractivity contribution in [2.75, 3.05) is 6.61 Å². The average Bonchev–Trinajstić information content (AvgIpc) is 3.09. The van der Waals surface area contributed by atoms with Gasteiger partial charge in [-0.1, -0.05) is 48.0 Å². The highest BCUT2D eigenvalue weighted by Crippen LogP contribution is 2.29. The lowest BCUT2D eigenvalue weighted by molar-refractivity contribution is -0.121. The molecule has 7 heteroatoms. The van der Waals surface area contributed by atoms with Gasteiger partial charge in [0.05, 0.1) is 28.0 Å². The Morgan fingerprint density at radius 2 is 1.73 bits per heavy atom. The standard InChI is InChI=1S/C23H20N4O3/c1-14-8-10-17(11-9-14)27-22-21(15(2)26-27)18(23(29)30-13-20(24)28)12-19(25-22)16-6-4-3-5-7-16/h3-12H,13H2,1-2H3,(H2,24,28). The summed E-state index contributed by atoms with van der Waals surface area (Å²) in [6.45, 7) is 3.32. The molecular formula is C23H20N4O3. The van der Waals surface area contributed by atoms with Crippen molar-refractivity contribution in [2.24, 2.45) is 5.73 Å². The molecule has 0 unspecified atom stereocenters. The fourth-order valence-corrected chi connectivity index (χ4v) is 3.29. The Kier molecular flexibility index (Phi) is 5.02. The number of hydrogen-bond acceptors (Lipinski definition) is 5. The Hall–Kier alpha value is -4.00. The second-order valence-electron chi connectivity index (χ2n) is 6.99. The highest BCUT2D eigenvalue weighted by Gasteiger charge is 2.22. The van der Waals surface area contributed by atoms with Crippen molar-refractivity contribution in [1.82, 2.24) is 14.8 Å². The van der Waals surface area contributed by atoms with Crippen LogP contribution in [0.3, 0.4) is 0 Å². The summed E-state index contributed by atoms with van der Waals surface area (Å²) in [7, 11) is 0. The third kappa shape index (κ3) is 3.65. The van der Waals surface area contributed by atoms with E-state index in [9.17, 15) is 9.59 Å². The number of pyridine rings is 1. The quantitative estimate of drug-likeness (QED) is 0.518. The van der Waals surface area contributed by atoms with Crippen LogP contribution in [0.25, 0.3) is 28.0 Å². The van der Waals surface area contributed by atoms with E-state index >= 15 is 0 Å². The van der Waals surface area contributed by atoms with Gasteiger partial charge < -0.3 is 10.5 Å². The van der Waals surface area contributed by atoms with Gasteiger partial charge >= 0.3 is 5.97 Å². The zero-order chi connectivity index (χ0) is 21.3. The fraction of sp³-hybridized carbons (Fsp3) is 0.130. The van der Waals surface area contributed by atoms with Gasteiger partial charge in [-0.15, -0.1) is 0 Å². The summed E-state index contributed by atoms with van der Waals surface area (Å²) in [5.74, 6) is -1.37. The van der Waals surface area contributed by atoms with Crippen molar-refractivity contribution in [2.45, 2.75) is 13.8 Å². The van der Waals surface area contributed by atoms with E-state index in [0.717, 1.165) is 16.8 Å². The molecule has 0 aliphatic rings. The number of carbonyl (C=O) groups is 2. The Balaban J connectivity index is 1.96. The smallest absolute Gasteiger partial charge is 0.339 e. The molecule has 2 N–H and O–H groups in total. The van der Waals surface area contributed by atoms with Crippen LogP contribution in [0.4, 0.5) is 0 Å². The molecule has 0 saturated carbocycles. The number of hydrogen-bond donors (Lipinski definition) is 1. The number of carbonyl (C=O) groups excluding carboxylic acids is 2. The summed E-state index contributed by atoms with van der Waals surface area (Å²) in [6, 6.07) is 19.1. The van der Waals surface area contributed by atoms with Gasteiger partial charge in [-0.3, -0.25) is 4.79 Å². The van der Waals surface area contributed by atoms with Crippen LogP contribution in [0.15, 0.2) is 60.7 Å². The van der Waals surface area contributed by atoms with E-state index in [0.29, 0.717) is 22.4 Å². The number of amides is 1. The van der Waals surface area contributed by atoms with Gasteiger partial charge in [-0.25, -0.2) is 14.5 Å². The molecule has 0 saturated heterocycles. The molecule has 0 bridgehead atoms. The molecule has 150 valence electrons. The fourth-order valence-electron chi connectivity index (χ4n) is 3.29. The van der Waals surface area contributed by atoms with Crippen molar-refractivity contribution >= 4 is 22.9 Å². The Morgan fingerprint density at radius 1 is 1.03 bits per heavy atom. The summed E-state index contributed by atoms with van der Waals surface area (Å²) >= 11 is 0. The predicted octanol–water partition coefficient (Wildman–Crippen LogP) is 3.35. The first-order chi connectivity index (χ1) is 14.4. The van der Waals surface area contributed by atoms with E-state index in [4.69, 9.17) is 15.5 Å². The molecule has 0 aliphatic carbocycles. The number of aromatic nitrogens is 3. The van der Waals surface area contributed by atoms with Gasteiger partial charge in [-0.05, 0) is 32.0 Å². The number of esters is 1. The van der Waals surface area contributed by atoms with Crippen molar-refractivity contribution in [3.63, 3.8) is 0 Å². The molecule has 0 radical (unpaired) electrons. The van der Waals surface area contributed by atoms with Crippen LogP contribution < -0.4 is 5.73 Å². The van der Waals surface area contributed by atoms with Gasteiger partial charge in [0, 0.05) is 5.56 Å². The highest BCUT2D eigenvalue weighted by atomic mass is 16.5. The lowest BCUT2D eigenvalue weighted by Crippen LogP contribution is -2.21. The van der Waals surface area contributed by atoms with E-state index in [2.05, 4.69) is 5.10 Å². The third-order valence-corrected chi connectivity index (χ3v) is 4.73. The van der Waals surface area contributed by atoms with E-state index in [-0.39, 0.29) is 5.56 Å². The minimum atomic E-state index is -0.719. The maximum atomic E-state index is 12.8. The van der Waals surface area contributed by atoms with Gasteiger partial charge in [0.2, 0.25) is 0 Å². The topological polar surface area (TPSA) is 100 Å². The number of benzene rings is 2. The summed E-state index contributed by atoms with van der Waals surface area (Å²) in [6.07, 6.45) is 0. The minimum Gasteiger partial charge on any atom is -0.452 e. The second-order valence-corrected chi connectivity index (χ2v) is 6.99. The Labute approximate surface area is 173 Å². The second kappa shape index (κ2) is 7.79. The van der Waals surface area contributed by atoms with Crippen LogP contribution in [0.5, 0.6) is 0 Å². The number of nitrogens with two attached hydrogens (primary N) is 1. The van der Waals surface area contributed by atoms with Gasteiger partial charge in [0.1, 0.15) is 0 Å². The molecule has 0 atom stereocenters. The first-order valence-electron chi connectivity index (χ1n) is 9.42. The number of rotatable bonds is 5. The molecule has 0 fully saturated rings. The van der Waals surface area contributed by atoms with Crippen LogP contribution >= 0.6 is 0 Å². The average molecular weight is 400 g/mol. The number of fused-ring (bicyclic) bond motifs is 1. The first kappa shape index (κ1) is 19.3. The maximum absolute atomic E-state index is 12.8. The molecule has 1 amide bonds. The van der Waals surface area contributed by atoms with Gasteiger partial charge in [-0.2, -0.15) is 5.10 Å². The number of primary amides is 1.